The van der Waals surface area contributed by atoms with Crippen LogP contribution in [0.2, 0.25) is 0 Å². The molecular weight excluding hydrogens is 214 g/mol. The molecule has 1 aliphatic heterocycles. The Labute approximate surface area is 101 Å². The van der Waals surface area contributed by atoms with Gasteiger partial charge in [0.2, 0.25) is 0 Å². The predicted octanol–water partition coefficient (Wildman–Crippen LogP) is 1.41. The van der Waals surface area contributed by atoms with Gasteiger partial charge in [0.15, 0.2) is 0 Å². The Morgan fingerprint density at radius 3 is 2.59 bits per heavy atom. The number of carbonyl (C=O) groups is 1. The Kier molecular flexibility index (Phi) is 3.15. The van der Waals surface area contributed by atoms with Crippen LogP contribution in [0.5, 0.6) is 0 Å². The standard InChI is InChI=1S/C13H17N3O/c1-9(2)8-11-12(14)13(17)16(15-11)10-6-4-3-5-7-10/h3-9,12,15H,14H2,1-2H3. The van der Waals surface area contributed by atoms with Gasteiger partial charge in [-0.3, -0.25) is 10.2 Å². The van der Waals surface area contributed by atoms with E-state index in [4.69, 9.17) is 5.73 Å². The molecule has 1 aliphatic rings. The number of nitrogens with one attached hydrogen (secondary N) is 1. The van der Waals surface area contributed by atoms with Crippen molar-refractivity contribution in [3.05, 3.63) is 42.1 Å². The van der Waals surface area contributed by atoms with Gasteiger partial charge in [-0.2, -0.15) is 0 Å². The molecule has 2 rings (SSSR count). The van der Waals surface area contributed by atoms with Crippen LogP contribution in [0.15, 0.2) is 42.1 Å². The SMILES string of the molecule is CC(C)C=C1NN(c2ccccc2)C(=O)C1N. The van der Waals surface area contributed by atoms with Crippen LogP contribution in [0.3, 0.4) is 0 Å². The number of hydrazine groups is 1. The van der Waals surface area contributed by atoms with Crippen molar-refractivity contribution in [3.8, 4) is 0 Å². The average Bonchev–Trinajstić information content (AvgIpc) is 2.58. The number of nitrogens with zero attached hydrogens (tertiary/aromatic N) is 1. The molecule has 1 atom stereocenters. The molecule has 1 amide bonds. The van der Waals surface area contributed by atoms with Crippen molar-refractivity contribution in [1.82, 2.24) is 5.43 Å². The van der Waals surface area contributed by atoms with Gasteiger partial charge in [-0.15, -0.1) is 0 Å². The Balaban J connectivity index is 2.26. The second kappa shape index (κ2) is 4.59. The van der Waals surface area contributed by atoms with E-state index in [2.05, 4.69) is 19.3 Å². The van der Waals surface area contributed by atoms with Gasteiger partial charge in [-0.25, -0.2) is 5.01 Å². The van der Waals surface area contributed by atoms with Crippen molar-refractivity contribution in [3.63, 3.8) is 0 Å². The first-order valence-electron chi connectivity index (χ1n) is 5.72. The van der Waals surface area contributed by atoms with Crippen LogP contribution in [-0.2, 0) is 4.79 Å². The number of anilines is 1. The maximum absolute atomic E-state index is 12.0. The third-order valence-corrected chi connectivity index (χ3v) is 2.59. The van der Waals surface area contributed by atoms with E-state index < -0.39 is 6.04 Å². The molecule has 1 unspecified atom stereocenters. The topological polar surface area (TPSA) is 58.4 Å². The fourth-order valence-electron chi connectivity index (χ4n) is 1.79. The maximum Gasteiger partial charge on any atom is 0.268 e. The summed E-state index contributed by atoms with van der Waals surface area (Å²) in [6.07, 6.45) is 1.98. The third kappa shape index (κ3) is 2.31. The molecule has 0 radical (unpaired) electrons. The molecule has 90 valence electrons. The number of nitrogens with two attached hydrogens (primary N) is 1. The summed E-state index contributed by atoms with van der Waals surface area (Å²) in [5.41, 5.74) is 10.5. The van der Waals surface area contributed by atoms with E-state index in [9.17, 15) is 4.79 Å². The molecule has 1 heterocycles. The summed E-state index contributed by atoms with van der Waals surface area (Å²) in [6.45, 7) is 4.11. The first-order valence-corrected chi connectivity index (χ1v) is 5.72. The molecule has 17 heavy (non-hydrogen) atoms. The van der Waals surface area contributed by atoms with Gasteiger partial charge >= 0.3 is 0 Å². The number of carbonyl (C=O) groups excluding carboxylic acids is 1. The van der Waals surface area contributed by atoms with E-state index in [1.54, 1.807) is 0 Å². The van der Waals surface area contributed by atoms with Crippen LogP contribution >= 0.6 is 0 Å². The van der Waals surface area contributed by atoms with E-state index in [0.717, 1.165) is 11.4 Å². The van der Waals surface area contributed by atoms with Crippen LogP contribution < -0.4 is 16.2 Å². The van der Waals surface area contributed by atoms with Gasteiger partial charge in [-0.05, 0) is 18.1 Å². The predicted molar refractivity (Wildman–Crippen MR) is 68.0 cm³/mol. The van der Waals surface area contributed by atoms with Crippen LogP contribution in [-0.4, -0.2) is 11.9 Å². The lowest BCUT2D eigenvalue weighted by Crippen LogP contribution is -2.36. The summed E-state index contributed by atoms with van der Waals surface area (Å²) in [5.74, 6) is 0.232. The van der Waals surface area contributed by atoms with Gasteiger partial charge in [0.1, 0.15) is 6.04 Å². The normalized spacial score (nSPS) is 22.4. The number of benzene rings is 1. The molecule has 1 saturated heterocycles. The molecule has 0 saturated carbocycles. The zero-order valence-corrected chi connectivity index (χ0v) is 10.1. The van der Waals surface area contributed by atoms with Gasteiger partial charge in [0.05, 0.1) is 11.4 Å². The monoisotopic (exact) mass is 231 g/mol. The zero-order chi connectivity index (χ0) is 12.4. The molecule has 0 spiro atoms. The molecule has 1 aromatic rings. The molecule has 4 heteroatoms. The van der Waals surface area contributed by atoms with Crippen molar-refractivity contribution in [2.24, 2.45) is 11.7 Å². The molecule has 3 N–H and O–H groups in total. The molecule has 0 aliphatic carbocycles. The fourth-order valence-corrected chi connectivity index (χ4v) is 1.79. The molecule has 1 fully saturated rings. The third-order valence-electron chi connectivity index (χ3n) is 2.59. The van der Waals surface area contributed by atoms with Crippen molar-refractivity contribution < 1.29 is 4.79 Å². The molecular formula is C13H17N3O. The largest absolute Gasteiger partial charge is 0.315 e. The van der Waals surface area contributed by atoms with E-state index >= 15 is 0 Å². The van der Waals surface area contributed by atoms with Crippen LogP contribution in [0.1, 0.15) is 13.8 Å². The summed E-state index contributed by atoms with van der Waals surface area (Å²) < 4.78 is 0. The quantitative estimate of drug-likeness (QED) is 0.809. The number of hydrogen-bond acceptors (Lipinski definition) is 3. The Hall–Kier alpha value is -1.81. The van der Waals surface area contributed by atoms with Crippen molar-refractivity contribution in [2.75, 3.05) is 5.01 Å². The highest BCUT2D eigenvalue weighted by Gasteiger charge is 2.33. The smallest absolute Gasteiger partial charge is 0.268 e. The van der Waals surface area contributed by atoms with E-state index in [1.807, 2.05) is 36.4 Å². The van der Waals surface area contributed by atoms with Gasteiger partial charge in [0, 0.05) is 0 Å². The first kappa shape index (κ1) is 11.7. The minimum atomic E-state index is -0.586. The van der Waals surface area contributed by atoms with Crippen LogP contribution in [0.25, 0.3) is 0 Å². The second-order valence-electron chi connectivity index (χ2n) is 4.46. The molecule has 1 aromatic carbocycles. The number of hydrogen-bond donors (Lipinski definition) is 2. The first-order chi connectivity index (χ1) is 8.09. The van der Waals surface area contributed by atoms with Gasteiger partial charge in [0.25, 0.3) is 5.91 Å². The minimum absolute atomic E-state index is 0.122. The lowest BCUT2D eigenvalue weighted by atomic mass is 10.1. The minimum Gasteiger partial charge on any atom is -0.315 e. The van der Waals surface area contributed by atoms with E-state index in [0.29, 0.717) is 5.92 Å². The number of allylic oxidation sites excluding steroid dienone is 1. The maximum atomic E-state index is 12.0. The number of para-hydroxylation sites is 1. The second-order valence-corrected chi connectivity index (χ2v) is 4.46. The molecule has 0 aromatic heterocycles. The Morgan fingerprint density at radius 1 is 1.35 bits per heavy atom. The summed E-state index contributed by atoms with van der Waals surface area (Å²) >= 11 is 0. The lowest BCUT2D eigenvalue weighted by molar-refractivity contribution is -0.118. The number of rotatable bonds is 2. The summed E-state index contributed by atoms with van der Waals surface area (Å²) in [7, 11) is 0. The van der Waals surface area contributed by atoms with Gasteiger partial charge in [-0.1, -0.05) is 38.1 Å². The van der Waals surface area contributed by atoms with Crippen LogP contribution in [0.4, 0.5) is 5.69 Å². The Morgan fingerprint density at radius 2 is 2.00 bits per heavy atom. The summed E-state index contributed by atoms with van der Waals surface area (Å²) in [4.78, 5) is 12.0. The van der Waals surface area contributed by atoms with E-state index in [-0.39, 0.29) is 5.91 Å². The van der Waals surface area contributed by atoms with Crippen molar-refractivity contribution >= 4 is 11.6 Å². The van der Waals surface area contributed by atoms with Crippen LogP contribution in [0, 0.1) is 5.92 Å². The Bertz CT molecular complexity index is 439. The zero-order valence-electron chi connectivity index (χ0n) is 10.1. The summed E-state index contributed by atoms with van der Waals surface area (Å²) in [5, 5.41) is 1.50. The lowest BCUT2D eigenvalue weighted by Gasteiger charge is -2.15. The summed E-state index contributed by atoms with van der Waals surface area (Å²) in [6, 6.07) is 8.85. The van der Waals surface area contributed by atoms with E-state index in [1.165, 1.54) is 5.01 Å². The highest BCUT2D eigenvalue weighted by molar-refractivity contribution is 6.01. The molecule has 0 bridgehead atoms. The average molecular weight is 231 g/mol. The van der Waals surface area contributed by atoms with Crippen molar-refractivity contribution in [2.45, 2.75) is 19.9 Å². The van der Waals surface area contributed by atoms with Gasteiger partial charge < -0.3 is 5.73 Å². The van der Waals surface area contributed by atoms with Crippen molar-refractivity contribution in [1.29, 1.82) is 0 Å². The molecule has 4 nitrogen and oxygen atoms in total. The highest BCUT2D eigenvalue weighted by atomic mass is 16.2. The fraction of sp³-hybridized carbons (Fsp3) is 0.308. The highest BCUT2D eigenvalue weighted by Crippen LogP contribution is 2.20. The number of amides is 1.